The lowest BCUT2D eigenvalue weighted by molar-refractivity contribution is -0.117. The summed E-state index contributed by atoms with van der Waals surface area (Å²) in [7, 11) is -3.31. The zero-order valence-electron chi connectivity index (χ0n) is 13.6. The van der Waals surface area contributed by atoms with Crippen molar-refractivity contribution in [2.75, 3.05) is 16.8 Å². The number of para-hydroxylation sites is 2. The molecule has 0 radical (unpaired) electrons. The van der Waals surface area contributed by atoms with E-state index in [1.807, 2.05) is 29.2 Å². The van der Waals surface area contributed by atoms with Gasteiger partial charge in [-0.05, 0) is 31.4 Å². The van der Waals surface area contributed by atoms with Crippen molar-refractivity contribution in [3.63, 3.8) is 0 Å². The molecular weight excluding hydrogens is 326 g/mol. The molecule has 2 unspecified atom stereocenters. The molecule has 2 N–H and O–H groups in total. The molecule has 2 heterocycles. The van der Waals surface area contributed by atoms with Crippen molar-refractivity contribution in [2.24, 2.45) is 0 Å². The highest BCUT2D eigenvalue weighted by molar-refractivity contribution is 7.90. The molecule has 2 aliphatic heterocycles. The third-order valence-corrected chi connectivity index (χ3v) is 7.41. The van der Waals surface area contributed by atoms with Gasteiger partial charge in [0.05, 0.1) is 16.6 Å². The summed E-state index contributed by atoms with van der Waals surface area (Å²) in [5.74, 6) is -0.0481. The number of rotatable bonds is 3. The molecule has 1 aromatic carbocycles. The third-order valence-electron chi connectivity index (χ3n) is 5.40. The first-order valence-electron chi connectivity index (χ1n) is 8.72. The molecule has 3 aliphatic rings. The van der Waals surface area contributed by atoms with Gasteiger partial charge in [-0.1, -0.05) is 31.4 Å². The Morgan fingerprint density at radius 3 is 2.67 bits per heavy atom. The Bertz CT molecular complexity index is 743. The summed E-state index contributed by atoms with van der Waals surface area (Å²) in [6.07, 6.45) is 5.12. The summed E-state index contributed by atoms with van der Waals surface area (Å²) in [6.45, 7) is 0.543. The van der Waals surface area contributed by atoms with Crippen molar-refractivity contribution in [1.82, 2.24) is 4.72 Å². The van der Waals surface area contributed by atoms with Gasteiger partial charge in [0, 0.05) is 12.6 Å². The summed E-state index contributed by atoms with van der Waals surface area (Å²) in [5, 5.41) is 2.65. The molecule has 2 fully saturated rings. The molecule has 1 saturated carbocycles. The molecule has 2 atom stereocenters. The highest BCUT2D eigenvalue weighted by atomic mass is 32.2. The van der Waals surface area contributed by atoms with Gasteiger partial charge in [-0.25, -0.2) is 13.1 Å². The van der Waals surface area contributed by atoms with Crippen LogP contribution in [0.4, 0.5) is 11.4 Å². The zero-order valence-corrected chi connectivity index (χ0v) is 14.4. The van der Waals surface area contributed by atoms with Crippen LogP contribution in [0.5, 0.6) is 0 Å². The Morgan fingerprint density at radius 2 is 1.88 bits per heavy atom. The molecule has 7 heteroatoms. The Morgan fingerprint density at radius 1 is 1.12 bits per heavy atom. The number of fused-ring (bicyclic) bond motifs is 3. The van der Waals surface area contributed by atoms with E-state index in [0.29, 0.717) is 13.0 Å². The smallest absolute Gasteiger partial charge is 0.247 e. The number of carbonyl (C=O) groups is 1. The standard InChI is InChI=1S/C17H23N3O3S/c21-17-16-10-12(19-24(22,23)13-6-2-1-3-7-13)11-20(16)15-9-5-4-8-14(15)18-17/h4-5,8-9,12-13,16,19H,1-3,6-7,10-11H2,(H,18,21). The minimum absolute atomic E-state index is 0.0481. The highest BCUT2D eigenvalue weighted by Gasteiger charge is 2.42. The number of amides is 1. The fraction of sp³-hybridized carbons (Fsp3) is 0.588. The topological polar surface area (TPSA) is 78.5 Å². The van der Waals surface area contributed by atoms with Crippen molar-refractivity contribution in [3.8, 4) is 0 Å². The Kier molecular flexibility index (Phi) is 4.00. The quantitative estimate of drug-likeness (QED) is 0.873. The molecule has 0 bridgehead atoms. The average molecular weight is 349 g/mol. The summed E-state index contributed by atoms with van der Waals surface area (Å²) < 4.78 is 28.2. The summed E-state index contributed by atoms with van der Waals surface area (Å²) in [5.41, 5.74) is 1.77. The van der Waals surface area contributed by atoms with Gasteiger partial charge in [0.1, 0.15) is 6.04 Å². The van der Waals surface area contributed by atoms with Gasteiger partial charge in [0.15, 0.2) is 0 Å². The summed E-state index contributed by atoms with van der Waals surface area (Å²) in [4.78, 5) is 14.4. The maximum absolute atomic E-state index is 12.6. The van der Waals surface area contributed by atoms with Gasteiger partial charge in [0.2, 0.25) is 15.9 Å². The molecule has 0 aromatic heterocycles. The van der Waals surface area contributed by atoms with Crippen molar-refractivity contribution >= 4 is 27.3 Å². The number of anilines is 2. The molecule has 1 amide bonds. The molecule has 1 saturated heterocycles. The van der Waals surface area contributed by atoms with Crippen molar-refractivity contribution < 1.29 is 13.2 Å². The van der Waals surface area contributed by atoms with Crippen molar-refractivity contribution in [2.45, 2.75) is 55.9 Å². The fourth-order valence-corrected chi connectivity index (χ4v) is 5.97. The number of benzene rings is 1. The van der Waals surface area contributed by atoms with E-state index in [9.17, 15) is 13.2 Å². The number of nitrogens with zero attached hydrogens (tertiary/aromatic N) is 1. The van der Waals surface area contributed by atoms with E-state index in [-0.39, 0.29) is 23.2 Å². The molecule has 4 rings (SSSR count). The van der Waals surface area contributed by atoms with E-state index >= 15 is 0 Å². The second kappa shape index (κ2) is 6.04. The molecule has 1 aliphatic carbocycles. The van der Waals surface area contributed by atoms with Crippen LogP contribution in [0.1, 0.15) is 38.5 Å². The first-order valence-corrected chi connectivity index (χ1v) is 10.3. The molecule has 0 spiro atoms. The zero-order chi connectivity index (χ0) is 16.7. The van der Waals surface area contributed by atoms with Gasteiger partial charge < -0.3 is 10.2 Å². The van der Waals surface area contributed by atoms with Crippen LogP contribution >= 0.6 is 0 Å². The third kappa shape index (κ3) is 2.80. The highest BCUT2D eigenvalue weighted by Crippen LogP contribution is 2.36. The van der Waals surface area contributed by atoms with E-state index in [0.717, 1.165) is 43.5 Å². The first-order chi connectivity index (χ1) is 11.5. The Labute approximate surface area is 142 Å². The maximum atomic E-state index is 12.6. The first kappa shape index (κ1) is 15.9. The second-order valence-corrected chi connectivity index (χ2v) is 9.02. The largest absolute Gasteiger partial charge is 0.356 e. The Hall–Kier alpha value is -1.60. The number of hydrogen-bond acceptors (Lipinski definition) is 4. The lowest BCUT2D eigenvalue weighted by Crippen LogP contribution is -2.44. The van der Waals surface area contributed by atoms with Crippen LogP contribution < -0.4 is 14.9 Å². The van der Waals surface area contributed by atoms with E-state index in [1.165, 1.54) is 0 Å². The van der Waals surface area contributed by atoms with E-state index in [1.54, 1.807) is 0 Å². The number of nitrogens with one attached hydrogen (secondary N) is 2. The van der Waals surface area contributed by atoms with Crippen LogP contribution in [0, 0.1) is 0 Å². The van der Waals surface area contributed by atoms with E-state index in [4.69, 9.17) is 0 Å². The van der Waals surface area contributed by atoms with Crippen LogP contribution in [0.25, 0.3) is 0 Å². The molecule has 6 nitrogen and oxygen atoms in total. The van der Waals surface area contributed by atoms with Crippen molar-refractivity contribution in [3.05, 3.63) is 24.3 Å². The Balaban J connectivity index is 1.51. The van der Waals surface area contributed by atoms with Crippen LogP contribution in [-0.4, -0.2) is 38.2 Å². The fourth-order valence-electron chi connectivity index (χ4n) is 4.19. The predicted molar refractivity (Wildman–Crippen MR) is 93.5 cm³/mol. The minimum atomic E-state index is -3.31. The maximum Gasteiger partial charge on any atom is 0.247 e. The van der Waals surface area contributed by atoms with Crippen LogP contribution in [0.15, 0.2) is 24.3 Å². The van der Waals surface area contributed by atoms with Gasteiger partial charge in [-0.2, -0.15) is 0 Å². The summed E-state index contributed by atoms with van der Waals surface area (Å²) in [6, 6.07) is 7.17. The monoisotopic (exact) mass is 349 g/mol. The second-order valence-electron chi connectivity index (χ2n) is 7.03. The number of carbonyl (C=O) groups excluding carboxylic acids is 1. The molecule has 24 heavy (non-hydrogen) atoms. The predicted octanol–water partition coefficient (Wildman–Crippen LogP) is 1.84. The molecular formula is C17H23N3O3S. The molecule has 130 valence electrons. The van der Waals surface area contributed by atoms with Gasteiger partial charge in [0.25, 0.3) is 0 Å². The van der Waals surface area contributed by atoms with Crippen LogP contribution in [0.3, 0.4) is 0 Å². The minimum Gasteiger partial charge on any atom is -0.356 e. The lowest BCUT2D eigenvalue weighted by atomic mass is 10.0. The van der Waals surface area contributed by atoms with E-state index in [2.05, 4.69) is 10.0 Å². The van der Waals surface area contributed by atoms with Crippen molar-refractivity contribution in [1.29, 1.82) is 0 Å². The van der Waals surface area contributed by atoms with E-state index < -0.39 is 10.0 Å². The molecule has 1 aromatic rings. The number of hydrogen-bond donors (Lipinski definition) is 2. The number of sulfonamides is 1. The van der Waals surface area contributed by atoms with Gasteiger partial charge in [-0.3, -0.25) is 4.79 Å². The summed E-state index contributed by atoms with van der Waals surface area (Å²) >= 11 is 0. The van der Waals surface area contributed by atoms with Gasteiger partial charge in [-0.15, -0.1) is 0 Å². The lowest BCUT2D eigenvalue weighted by Gasteiger charge is -2.32. The van der Waals surface area contributed by atoms with Crippen LogP contribution in [0.2, 0.25) is 0 Å². The average Bonchev–Trinajstić information content (AvgIpc) is 3.00. The van der Waals surface area contributed by atoms with Crippen LogP contribution in [-0.2, 0) is 14.8 Å². The normalized spacial score (nSPS) is 27.5. The van der Waals surface area contributed by atoms with Gasteiger partial charge >= 0.3 is 0 Å². The SMILES string of the molecule is O=C1Nc2ccccc2N2CC(NS(=O)(=O)C3CCCCC3)CC12.